The van der Waals surface area contributed by atoms with Gasteiger partial charge >= 0.3 is 0 Å². The van der Waals surface area contributed by atoms with Crippen LogP contribution in [0.2, 0.25) is 0 Å². The number of amides is 2. The lowest BCUT2D eigenvalue weighted by atomic mass is 10.1. The molecule has 0 spiro atoms. The van der Waals surface area contributed by atoms with Crippen LogP contribution in [0.1, 0.15) is 26.5 Å². The second-order valence-corrected chi connectivity index (χ2v) is 8.78. The van der Waals surface area contributed by atoms with Crippen LogP contribution in [0.15, 0.2) is 76.2 Å². The third-order valence-electron chi connectivity index (χ3n) is 4.28. The summed E-state index contributed by atoms with van der Waals surface area (Å²) in [6.45, 7) is 0.237. The fourth-order valence-corrected chi connectivity index (χ4v) is 3.53. The Morgan fingerprint density at radius 1 is 0.967 bits per heavy atom. The average Bonchev–Trinajstić information content (AvgIpc) is 3.27. The van der Waals surface area contributed by atoms with Crippen LogP contribution in [0.3, 0.4) is 0 Å². The first-order valence-corrected chi connectivity index (χ1v) is 10.5. The van der Waals surface area contributed by atoms with E-state index in [-0.39, 0.29) is 29.0 Å². The summed E-state index contributed by atoms with van der Waals surface area (Å²) in [4.78, 5) is 24.6. The molecule has 0 aliphatic heterocycles. The van der Waals surface area contributed by atoms with Crippen molar-refractivity contribution in [1.29, 1.82) is 0 Å². The molecule has 30 heavy (non-hydrogen) atoms. The van der Waals surface area contributed by atoms with Crippen molar-refractivity contribution in [2.24, 2.45) is 0 Å². The molecular formula is C21H21N3O5S. The van der Waals surface area contributed by atoms with Crippen LogP contribution in [-0.2, 0) is 16.6 Å². The van der Waals surface area contributed by atoms with Gasteiger partial charge in [0.05, 0.1) is 11.2 Å². The molecule has 0 saturated heterocycles. The zero-order valence-electron chi connectivity index (χ0n) is 16.5. The van der Waals surface area contributed by atoms with E-state index >= 15 is 0 Å². The second-order valence-electron chi connectivity index (χ2n) is 6.63. The zero-order valence-corrected chi connectivity index (χ0v) is 17.3. The van der Waals surface area contributed by atoms with E-state index in [0.717, 1.165) is 9.87 Å². The Bertz CT molecular complexity index is 1140. The quantitative estimate of drug-likeness (QED) is 0.603. The number of sulfonamides is 1. The molecule has 156 valence electrons. The maximum Gasteiger partial charge on any atom is 0.291 e. The van der Waals surface area contributed by atoms with Gasteiger partial charge in [-0.1, -0.05) is 12.1 Å². The number of benzene rings is 2. The van der Waals surface area contributed by atoms with E-state index in [1.54, 1.807) is 30.3 Å². The first-order valence-electron chi connectivity index (χ1n) is 9.02. The van der Waals surface area contributed by atoms with E-state index in [0.29, 0.717) is 11.3 Å². The van der Waals surface area contributed by atoms with Gasteiger partial charge in [0.25, 0.3) is 11.8 Å². The maximum absolute atomic E-state index is 12.4. The standard InChI is InChI=1S/C21H21N3O5S/c1-24(2)30(27,28)18-10-8-16(9-11-18)20(25)22-14-15-5-3-6-17(13-15)23-21(26)19-7-4-12-29-19/h3-13H,14H2,1-2H3,(H,22,25)(H,23,26). The van der Waals surface area contributed by atoms with Crippen LogP contribution in [0.4, 0.5) is 5.69 Å². The van der Waals surface area contributed by atoms with Crippen molar-refractivity contribution in [3.63, 3.8) is 0 Å². The normalized spacial score (nSPS) is 11.3. The summed E-state index contributed by atoms with van der Waals surface area (Å²) >= 11 is 0. The molecule has 2 amide bonds. The number of nitrogens with one attached hydrogen (secondary N) is 2. The van der Waals surface area contributed by atoms with Crippen LogP contribution in [0, 0.1) is 0 Å². The van der Waals surface area contributed by atoms with Gasteiger partial charge < -0.3 is 15.1 Å². The van der Waals surface area contributed by atoms with Crippen LogP contribution >= 0.6 is 0 Å². The molecule has 0 aliphatic rings. The molecule has 9 heteroatoms. The molecular weight excluding hydrogens is 406 g/mol. The fourth-order valence-electron chi connectivity index (χ4n) is 2.63. The largest absolute Gasteiger partial charge is 0.459 e. The van der Waals surface area contributed by atoms with Crippen LogP contribution in [0.25, 0.3) is 0 Å². The highest BCUT2D eigenvalue weighted by molar-refractivity contribution is 7.89. The number of carbonyl (C=O) groups is 2. The number of anilines is 1. The number of furan rings is 1. The van der Waals surface area contributed by atoms with Gasteiger partial charge in [0.15, 0.2) is 5.76 Å². The number of hydrogen-bond donors (Lipinski definition) is 2. The average molecular weight is 427 g/mol. The van der Waals surface area contributed by atoms with Crippen molar-refractivity contribution >= 4 is 27.5 Å². The predicted octanol–water partition coefficient (Wildman–Crippen LogP) is 2.71. The van der Waals surface area contributed by atoms with Crippen LogP contribution in [-0.4, -0.2) is 38.6 Å². The molecule has 0 saturated carbocycles. The third kappa shape index (κ3) is 4.94. The molecule has 8 nitrogen and oxygen atoms in total. The van der Waals surface area contributed by atoms with Crippen molar-refractivity contribution in [2.45, 2.75) is 11.4 Å². The predicted molar refractivity (Wildman–Crippen MR) is 112 cm³/mol. The topological polar surface area (TPSA) is 109 Å². The van der Waals surface area contributed by atoms with Gasteiger partial charge in [-0.05, 0) is 54.1 Å². The molecule has 1 aromatic heterocycles. The lowest BCUT2D eigenvalue weighted by Crippen LogP contribution is -2.24. The first-order chi connectivity index (χ1) is 14.3. The number of hydrogen-bond acceptors (Lipinski definition) is 5. The Balaban J connectivity index is 1.61. The summed E-state index contributed by atoms with van der Waals surface area (Å²) in [5.74, 6) is -0.504. The Hall–Kier alpha value is -3.43. The summed E-state index contributed by atoms with van der Waals surface area (Å²) in [6, 6.07) is 16.0. The van der Waals surface area contributed by atoms with E-state index in [1.165, 1.54) is 44.6 Å². The molecule has 0 aliphatic carbocycles. The third-order valence-corrected chi connectivity index (χ3v) is 6.11. The maximum atomic E-state index is 12.4. The van der Waals surface area contributed by atoms with Crippen LogP contribution < -0.4 is 10.6 Å². The van der Waals surface area contributed by atoms with Gasteiger partial charge in [-0.25, -0.2) is 12.7 Å². The Morgan fingerprint density at radius 3 is 2.33 bits per heavy atom. The van der Waals surface area contributed by atoms with Crippen LogP contribution in [0.5, 0.6) is 0 Å². The highest BCUT2D eigenvalue weighted by atomic mass is 32.2. The van der Waals surface area contributed by atoms with Crippen molar-refractivity contribution < 1.29 is 22.4 Å². The molecule has 2 N–H and O–H groups in total. The minimum atomic E-state index is -3.55. The van der Waals surface area contributed by atoms with Gasteiger partial charge in [-0.15, -0.1) is 0 Å². The molecule has 0 atom stereocenters. The van der Waals surface area contributed by atoms with Gasteiger partial charge in [0.2, 0.25) is 10.0 Å². The summed E-state index contributed by atoms with van der Waals surface area (Å²) in [6.07, 6.45) is 1.42. The summed E-state index contributed by atoms with van der Waals surface area (Å²) in [5.41, 5.74) is 1.70. The fraction of sp³-hybridized carbons (Fsp3) is 0.143. The summed E-state index contributed by atoms with van der Waals surface area (Å²) in [5, 5.41) is 5.50. The number of carbonyl (C=O) groups excluding carboxylic acids is 2. The van der Waals surface area contributed by atoms with E-state index in [1.807, 2.05) is 6.07 Å². The minimum absolute atomic E-state index is 0.115. The lowest BCUT2D eigenvalue weighted by Gasteiger charge is -2.12. The van der Waals surface area contributed by atoms with Crippen molar-refractivity contribution in [2.75, 3.05) is 19.4 Å². The smallest absolute Gasteiger partial charge is 0.291 e. The van der Waals surface area contributed by atoms with Crippen molar-refractivity contribution in [3.8, 4) is 0 Å². The van der Waals surface area contributed by atoms with Gasteiger partial charge in [0.1, 0.15) is 0 Å². The molecule has 0 fully saturated rings. The summed E-state index contributed by atoms with van der Waals surface area (Å²) in [7, 11) is -0.654. The Morgan fingerprint density at radius 2 is 1.70 bits per heavy atom. The molecule has 0 radical (unpaired) electrons. The molecule has 1 heterocycles. The van der Waals surface area contributed by atoms with E-state index in [9.17, 15) is 18.0 Å². The Kier molecular flexibility index (Phi) is 6.34. The SMILES string of the molecule is CN(C)S(=O)(=O)c1ccc(C(=O)NCc2cccc(NC(=O)c3ccco3)c2)cc1. The Labute approximate surface area is 174 Å². The first kappa shape index (κ1) is 21.3. The molecule has 2 aromatic carbocycles. The monoisotopic (exact) mass is 427 g/mol. The highest BCUT2D eigenvalue weighted by Crippen LogP contribution is 2.15. The minimum Gasteiger partial charge on any atom is -0.459 e. The van der Waals surface area contributed by atoms with Gasteiger partial charge in [-0.3, -0.25) is 9.59 Å². The highest BCUT2D eigenvalue weighted by Gasteiger charge is 2.17. The van der Waals surface area contributed by atoms with Gasteiger partial charge in [0, 0.05) is 31.9 Å². The van der Waals surface area contributed by atoms with E-state index < -0.39 is 10.0 Å². The molecule has 3 rings (SSSR count). The van der Waals surface area contributed by atoms with E-state index in [4.69, 9.17) is 4.42 Å². The summed E-state index contributed by atoms with van der Waals surface area (Å²) < 4.78 is 30.4. The number of rotatable bonds is 7. The molecule has 0 bridgehead atoms. The molecule has 0 unspecified atom stereocenters. The zero-order chi connectivity index (χ0) is 21.7. The van der Waals surface area contributed by atoms with Crippen molar-refractivity contribution in [3.05, 3.63) is 83.8 Å². The lowest BCUT2D eigenvalue weighted by molar-refractivity contribution is 0.0949. The number of nitrogens with zero attached hydrogens (tertiary/aromatic N) is 1. The van der Waals surface area contributed by atoms with Gasteiger partial charge in [-0.2, -0.15) is 0 Å². The van der Waals surface area contributed by atoms with E-state index in [2.05, 4.69) is 10.6 Å². The molecule has 3 aromatic rings. The van der Waals surface area contributed by atoms with Crippen molar-refractivity contribution in [1.82, 2.24) is 9.62 Å². The second kappa shape index (κ2) is 8.93.